The molecule has 0 aliphatic carbocycles. The van der Waals surface area contributed by atoms with E-state index in [0.717, 1.165) is 58.2 Å². The van der Waals surface area contributed by atoms with E-state index >= 15 is 0 Å². The van der Waals surface area contributed by atoms with Crippen molar-refractivity contribution in [2.24, 2.45) is 0 Å². The zero-order chi connectivity index (χ0) is 54.7. The van der Waals surface area contributed by atoms with Crippen molar-refractivity contribution in [1.29, 1.82) is 0 Å². The van der Waals surface area contributed by atoms with Crippen molar-refractivity contribution in [2.75, 3.05) is 60.5 Å². The fourth-order valence-corrected chi connectivity index (χ4v) is 8.84. The minimum atomic E-state index is -5.24. The third-order valence-electron chi connectivity index (χ3n) is 8.89. The Hall–Kier alpha value is -5.06. The summed E-state index contributed by atoms with van der Waals surface area (Å²) >= 11 is 0. The van der Waals surface area contributed by atoms with Crippen molar-refractivity contribution < 1.29 is 131 Å². The monoisotopic (exact) mass is 1120 g/mol. The molecule has 1 aliphatic rings. The van der Waals surface area contributed by atoms with Crippen molar-refractivity contribution in [2.45, 2.75) is 91.5 Å². The molecule has 74 heavy (non-hydrogen) atoms. The first-order chi connectivity index (χ1) is 35.0. The van der Waals surface area contributed by atoms with Gasteiger partial charge in [0.05, 0.1) is 13.2 Å². The molecule has 2 aromatic carbocycles. The summed E-state index contributed by atoms with van der Waals surface area (Å²) in [7, 11) is -15.3. The molecular formula is C42H58NO28P3. The highest BCUT2D eigenvalue weighted by molar-refractivity contribution is 7.49. The Labute approximate surface area is 423 Å². The van der Waals surface area contributed by atoms with Gasteiger partial charge >= 0.3 is 59.3 Å². The average molecular weight is 1120 g/mol. The molecule has 0 saturated carbocycles. The van der Waals surface area contributed by atoms with E-state index in [9.17, 15) is 52.4 Å². The number of carbonyl (C=O) groups excluding carboxylic acids is 7. The topological polar surface area (TPSA) is 360 Å². The predicted octanol–water partition coefficient (Wildman–Crippen LogP) is 3.76. The maximum atomic E-state index is 14.0. The standard InChI is InChI=1S/C42H58NO28P3/c1-28(44)57-22-63-72(52,64-23-58-29(2)45)69-37(19-43-39(50)16-15-35-13-10-14-36(18-35)17-34-11-8-7-9-12-34)20-55-42-40(51)41(71-74(54,67-26-61-32(5)48)68-27-62-33(6)49)38(21-56-42)70-73(53,65-24-59-30(3)46)66-25-60-31(4)47/h7-14,18,37-38,40-42,51H,15-17,19-27H2,1-6H3,(H,43,50)/t37-,38+,40+,41-,42-/m0/s1. The number of hydrogen-bond donors (Lipinski definition) is 2. The lowest BCUT2D eigenvalue weighted by atomic mass is 10.0. The van der Waals surface area contributed by atoms with Crippen LogP contribution in [0.3, 0.4) is 0 Å². The van der Waals surface area contributed by atoms with Gasteiger partial charge in [-0.2, -0.15) is 0 Å². The van der Waals surface area contributed by atoms with Gasteiger partial charge in [0, 0.05) is 54.5 Å². The van der Waals surface area contributed by atoms with Crippen molar-refractivity contribution in [1.82, 2.24) is 5.32 Å². The smallest absolute Gasteiger partial charge is 0.438 e. The Balaban J connectivity index is 1.95. The first kappa shape index (κ1) is 63.2. The van der Waals surface area contributed by atoms with Crippen molar-refractivity contribution in [3.05, 3.63) is 71.3 Å². The van der Waals surface area contributed by atoms with Crippen molar-refractivity contribution >= 4 is 65.2 Å². The van der Waals surface area contributed by atoms with Crippen LogP contribution in [-0.4, -0.2) is 138 Å². The number of hydrogen-bond acceptors (Lipinski definition) is 28. The number of amides is 1. The van der Waals surface area contributed by atoms with E-state index in [-0.39, 0.29) is 12.8 Å². The van der Waals surface area contributed by atoms with Crippen LogP contribution < -0.4 is 5.32 Å². The molecule has 414 valence electrons. The van der Waals surface area contributed by atoms with E-state index in [2.05, 4.69) is 24.3 Å². The highest BCUT2D eigenvalue weighted by Crippen LogP contribution is 2.56. The van der Waals surface area contributed by atoms with Gasteiger partial charge in [0.15, 0.2) is 6.29 Å². The van der Waals surface area contributed by atoms with E-state index in [4.69, 9.17) is 59.7 Å². The zero-order valence-corrected chi connectivity index (χ0v) is 43.6. The van der Waals surface area contributed by atoms with Gasteiger partial charge in [-0.05, 0) is 29.5 Å². The fourth-order valence-electron chi connectivity index (χ4n) is 5.59. The molecule has 0 aromatic heterocycles. The SMILES string of the molecule is CC(=O)OCOP(=O)(OCOC(C)=O)O[C@@H](CNC(=O)CCc1cccc(Cc2ccccc2)c1)CO[C@H]1OC[C@@H](OP(=O)(OCOC(C)=O)OCOC(C)=O)[C@H](OP(=O)(OCOC(C)=O)OCOC(C)=O)[C@H]1O. The second kappa shape index (κ2) is 32.4. The summed E-state index contributed by atoms with van der Waals surface area (Å²) < 4.78 is 128. The van der Waals surface area contributed by atoms with Crippen molar-refractivity contribution in [3.8, 4) is 0 Å². The van der Waals surface area contributed by atoms with E-state index < -0.39 is 156 Å². The number of phosphoric acid groups is 3. The first-order valence-electron chi connectivity index (χ1n) is 21.8. The summed E-state index contributed by atoms with van der Waals surface area (Å²) in [5, 5.41) is 14.4. The Kier molecular flexibility index (Phi) is 27.7. The molecule has 2 aromatic rings. The lowest BCUT2D eigenvalue weighted by molar-refractivity contribution is -0.270. The molecule has 0 bridgehead atoms. The lowest BCUT2D eigenvalue weighted by Crippen LogP contribution is -2.56. The summed E-state index contributed by atoms with van der Waals surface area (Å²) in [5.41, 5.74) is 2.91. The van der Waals surface area contributed by atoms with Gasteiger partial charge in [-0.1, -0.05) is 54.6 Å². The minimum Gasteiger partial charge on any atom is -0.438 e. The van der Waals surface area contributed by atoms with Gasteiger partial charge in [0.1, 0.15) is 24.4 Å². The molecule has 1 aliphatic heterocycles. The number of ether oxygens (including phenoxy) is 8. The molecule has 1 amide bonds. The highest BCUT2D eigenvalue weighted by Gasteiger charge is 2.50. The van der Waals surface area contributed by atoms with Gasteiger partial charge in [-0.15, -0.1) is 0 Å². The number of nitrogens with one attached hydrogen (secondary N) is 1. The van der Waals surface area contributed by atoms with Gasteiger partial charge < -0.3 is 48.3 Å². The summed E-state index contributed by atoms with van der Waals surface area (Å²) in [6, 6.07) is 17.3. The van der Waals surface area contributed by atoms with Gasteiger partial charge in [0.25, 0.3) is 0 Å². The molecule has 5 atom stereocenters. The van der Waals surface area contributed by atoms with Crippen LogP contribution in [0.15, 0.2) is 54.6 Å². The molecule has 0 spiro atoms. The van der Waals surface area contributed by atoms with E-state index in [1.165, 1.54) is 0 Å². The van der Waals surface area contributed by atoms with Crippen LogP contribution in [-0.2, 0) is 139 Å². The van der Waals surface area contributed by atoms with E-state index in [0.29, 0.717) is 6.42 Å². The quantitative estimate of drug-likeness (QED) is 0.0436. The Bertz CT molecular complexity index is 2230. The summed E-state index contributed by atoms with van der Waals surface area (Å²) in [5.74, 6) is -6.03. The molecule has 2 N–H and O–H groups in total. The molecule has 0 unspecified atom stereocenters. The summed E-state index contributed by atoms with van der Waals surface area (Å²) in [6.07, 6.45) is -9.25. The molecule has 1 fully saturated rings. The normalized spacial score (nSPS) is 17.3. The number of aliphatic hydroxyl groups excluding tert-OH is 1. The first-order valence-corrected chi connectivity index (χ1v) is 26.2. The van der Waals surface area contributed by atoms with E-state index in [1.807, 2.05) is 54.6 Å². The van der Waals surface area contributed by atoms with Crippen molar-refractivity contribution in [3.63, 3.8) is 0 Å². The van der Waals surface area contributed by atoms with Crippen LogP contribution in [0.4, 0.5) is 0 Å². The summed E-state index contributed by atoms with van der Waals surface area (Å²) in [4.78, 5) is 82.3. The third kappa shape index (κ3) is 25.9. The van der Waals surface area contributed by atoms with Gasteiger partial charge in [-0.25, -0.2) is 40.8 Å². The number of aryl methyl sites for hydroxylation is 1. The largest absolute Gasteiger partial charge is 0.481 e. The Morgan fingerprint density at radius 3 is 1.50 bits per heavy atom. The lowest BCUT2D eigenvalue weighted by Gasteiger charge is -2.40. The molecular weight excluding hydrogens is 1060 g/mol. The molecule has 0 radical (unpaired) electrons. The fraction of sp³-hybridized carbons (Fsp3) is 0.548. The Morgan fingerprint density at radius 1 is 0.595 bits per heavy atom. The number of phosphoric ester groups is 3. The van der Waals surface area contributed by atoms with Crippen LogP contribution in [0.25, 0.3) is 0 Å². The number of esters is 6. The maximum Gasteiger partial charge on any atom is 0.481 e. The van der Waals surface area contributed by atoms with Crippen LogP contribution in [0, 0.1) is 0 Å². The van der Waals surface area contributed by atoms with Crippen LogP contribution in [0.2, 0.25) is 0 Å². The number of benzene rings is 2. The molecule has 1 saturated heterocycles. The third-order valence-corrected chi connectivity index (χ3v) is 13.0. The maximum absolute atomic E-state index is 14.0. The predicted molar refractivity (Wildman–Crippen MR) is 242 cm³/mol. The average Bonchev–Trinajstić information content (AvgIpc) is 3.30. The second-order valence-electron chi connectivity index (χ2n) is 14.9. The Morgan fingerprint density at radius 2 is 1.03 bits per heavy atom. The highest BCUT2D eigenvalue weighted by atomic mass is 31.2. The molecule has 1 heterocycles. The number of rotatable bonds is 34. The van der Waals surface area contributed by atoms with Crippen LogP contribution >= 0.6 is 23.5 Å². The van der Waals surface area contributed by atoms with Gasteiger partial charge in [0.2, 0.25) is 46.7 Å². The summed E-state index contributed by atoms with van der Waals surface area (Å²) in [6.45, 7) is -2.92. The zero-order valence-electron chi connectivity index (χ0n) is 40.9. The molecule has 29 nitrogen and oxygen atoms in total. The van der Waals surface area contributed by atoms with Gasteiger partial charge in [-0.3, -0.25) is 47.1 Å². The minimum absolute atomic E-state index is 0.0745. The number of aliphatic hydroxyl groups is 1. The number of carbonyl (C=O) groups is 7. The van der Waals surface area contributed by atoms with Crippen LogP contribution in [0.1, 0.15) is 64.7 Å². The second-order valence-corrected chi connectivity index (χ2v) is 19.8. The molecule has 32 heteroatoms. The van der Waals surface area contributed by atoms with Crippen LogP contribution in [0.5, 0.6) is 0 Å². The molecule has 3 rings (SSSR count). The van der Waals surface area contributed by atoms with E-state index in [1.54, 1.807) is 0 Å².